The van der Waals surface area contributed by atoms with Gasteiger partial charge in [-0.1, -0.05) is 13.8 Å². The fourth-order valence-electron chi connectivity index (χ4n) is 2.22. The number of Topliss-reactive ketones (excluding diaryl/α,β-unsaturated/α-hetero) is 1. The van der Waals surface area contributed by atoms with Gasteiger partial charge in [0.15, 0.2) is 0 Å². The Hall–Kier alpha value is -2.49. The molecular weight excluding hydrogens is 346 g/mol. The highest BCUT2D eigenvalue weighted by Gasteiger charge is 2.27. The Bertz CT molecular complexity index is 516. The third-order valence-electron chi connectivity index (χ3n) is 3.41. The number of ketones is 1. The van der Waals surface area contributed by atoms with Crippen LogP contribution in [0.2, 0.25) is 0 Å². The lowest BCUT2D eigenvalue weighted by molar-refractivity contribution is -0.159. The molecule has 1 aliphatic rings. The second-order valence-corrected chi connectivity index (χ2v) is 6.37. The molecule has 2 amide bonds. The van der Waals surface area contributed by atoms with Crippen molar-refractivity contribution < 1.29 is 34.2 Å². The van der Waals surface area contributed by atoms with Crippen LogP contribution in [0.25, 0.3) is 0 Å². The summed E-state index contributed by atoms with van der Waals surface area (Å²) in [6, 6.07) is -0.783. The predicted molar refractivity (Wildman–Crippen MR) is 91.4 cm³/mol. The molecule has 0 saturated carbocycles. The van der Waals surface area contributed by atoms with E-state index in [2.05, 4.69) is 16.0 Å². The lowest BCUT2D eigenvalue weighted by atomic mass is 10.0. The molecule has 148 valence electrons. The average Bonchev–Trinajstić information content (AvgIpc) is 3.06. The molecule has 1 rings (SSSR count). The van der Waals surface area contributed by atoms with Gasteiger partial charge in [-0.25, -0.2) is 9.59 Å². The molecule has 0 spiro atoms. The quantitative estimate of drug-likeness (QED) is 0.360. The third kappa shape index (κ3) is 10.4. The third-order valence-corrected chi connectivity index (χ3v) is 3.41. The zero-order chi connectivity index (χ0) is 20.3. The number of hydrogen-bond donors (Lipinski definition) is 5. The minimum Gasteiger partial charge on any atom is -0.473 e. The van der Waals surface area contributed by atoms with Crippen molar-refractivity contribution in [2.75, 3.05) is 13.1 Å². The fraction of sp³-hybridized carbons (Fsp3) is 0.688. The summed E-state index contributed by atoms with van der Waals surface area (Å²) in [7, 11) is 0. The molecule has 1 fully saturated rings. The van der Waals surface area contributed by atoms with Crippen molar-refractivity contribution in [3.05, 3.63) is 0 Å². The Balaban J connectivity index is 0.000000896. The van der Waals surface area contributed by atoms with Crippen LogP contribution in [0.1, 0.15) is 40.0 Å². The van der Waals surface area contributed by atoms with E-state index < -0.39 is 18.0 Å². The van der Waals surface area contributed by atoms with E-state index >= 15 is 0 Å². The van der Waals surface area contributed by atoms with Gasteiger partial charge in [0.05, 0.1) is 12.6 Å². The molecule has 1 aliphatic heterocycles. The van der Waals surface area contributed by atoms with Crippen molar-refractivity contribution in [3.8, 4) is 0 Å². The molecule has 0 aromatic rings. The minimum atomic E-state index is -1.82. The maximum atomic E-state index is 12.1. The minimum absolute atomic E-state index is 0.00494. The van der Waals surface area contributed by atoms with Gasteiger partial charge in [0, 0.05) is 0 Å². The Morgan fingerprint density at radius 2 is 1.69 bits per heavy atom. The van der Waals surface area contributed by atoms with Crippen molar-refractivity contribution in [3.63, 3.8) is 0 Å². The van der Waals surface area contributed by atoms with Crippen molar-refractivity contribution in [2.45, 2.75) is 52.1 Å². The van der Waals surface area contributed by atoms with Crippen molar-refractivity contribution in [2.24, 2.45) is 5.92 Å². The van der Waals surface area contributed by atoms with E-state index in [0.29, 0.717) is 6.42 Å². The van der Waals surface area contributed by atoms with E-state index in [4.69, 9.17) is 19.8 Å². The van der Waals surface area contributed by atoms with Crippen LogP contribution in [0, 0.1) is 5.92 Å². The molecule has 0 radical (unpaired) electrons. The Kier molecular flexibility index (Phi) is 10.8. The summed E-state index contributed by atoms with van der Waals surface area (Å²) < 4.78 is 0. The van der Waals surface area contributed by atoms with Gasteiger partial charge in [0.25, 0.3) is 0 Å². The van der Waals surface area contributed by atoms with Gasteiger partial charge in [-0.15, -0.1) is 0 Å². The van der Waals surface area contributed by atoms with Crippen LogP contribution in [0.15, 0.2) is 0 Å². The Morgan fingerprint density at radius 1 is 1.12 bits per heavy atom. The first-order valence-electron chi connectivity index (χ1n) is 8.31. The smallest absolute Gasteiger partial charge is 0.414 e. The van der Waals surface area contributed by atoms with E-state index in [1.165, 1.54) is 6.92 Å². The lowest BCUT2D eigenvalue weighted by Crippen LogP contribution is -2.52. The van der Waals surface area contributed by atoms with Crippen LogP contribution in [0.3, 0.4) is 0 Å². The molecule has 1 saturated heterocycles. The number of rotatable bonds is 7. The van der Waals surface area contributed by atoms with E-state index in [-0.39, 0.29) is 36.1 Å². The van der Waals surface area contributed by atoms with E-state index in [9.17, 15) is 14.4 Å². The second kappa shape index (κ2) is 12.0. The topological polar surface area (TPSA) is 162 Å². The molecular formula is C16H27N3O7. The highest BCUT2D eigenvalue weighted by Crippen LogP contribution is 2.08. The fourth-order valence-corrected chi connectivity index (χ4v) is 2.22. The second-order valence-electron chi connectivity index (χ2n) is 6.37. The van der Waals surface area contributed by atoms with Gasteiger partial charge in [0.1, 0.15) is 11.8 Å². The van der Waals surface area contributed by atoms with Crippen LogP contribution < -0.4 is 16.0 Å². The van der Waals surface area contributed by atoms with Gasteiger partial charge in [-0.05, 0) is 38.6 Å². The average molecular weight is 373 g/mol. The van der Waals surface area contributed by atoms with Gasteiger partial charge in [-0.2, -0.15) is 0 Å². The van der Waals surface area contributed by atoms with Crippen molar-refractivity contribution in [1.82, 2.24) is 16.0 Å². The number of carboxylic acids is 2. The largest absolute Gasteiger partial charge is 0.473 e. The van der Waals surface area contributed by atoms with Crippen molar-refractivity contribution >= 4 is 29.5 Å². The van der Waals surface area contributed by atoms with E-state index in [0.717, 1.165) is 19.4 Å². The first-order chi connectivity index (χ1) is 12.0. The van der Waals surface area contributed by atoms with Gasteiger partial charge in [0.2, 0.25) is 11.8 Å². The number of nitrogens with one attached hydrogen (secondary N) is 3. The molecule has 0 aromatic heterocycles. The zero-order valence-corrected chi connectivity index (χ0v) is 15.2. The maximum absolute atomic E-state index is 12.1. The summed E-state index contributed by atoms with van der Waals surface area (Å²) in [4.78, 5) is 53.2. The summed E-state index contributed by atoms with van der Waals surface area (Å²) in [5.74, 6) is -3.90. The molecule has 0 aliphatic carbocycles. The summed E-state index contributed by atoms with van der Waals surface area (Å²) in [5.41, 5.74) is 0. The lowest BCUT2D eigenvalue weighted by Gasteiger charge is -2.21. The maximum Gasteiger partial charge on any atom is 0.414 e. The van der Waals surface area contributed by atoms with Crippen LogP contribution in [0.4, 0.5) is 0 Å². The molecule has 2 atom stereocenters. The van der Waals surface area contributed by atoms with Crippen molar-refractivity contribution in [1.29, 1.82) is 0 Å². The van der Waals surface area contributed by atoms with Gasteiger partial charge < -0.3 is 26.2 Å². The molecule has 26 heavy (non-hydrogen) atoms. The Labute approximate surface area is 151 Å². The number of aliphatic carboxylic acids is 2. The molecule has 0 unspecified atom stereocenters. The standard InChI is InChI=1S/C14H25N3O3.C2H2O4/c1-9(2)7-12(13(19)16-8-10(3)18)17-14(20)11-5-4-6-15-11;3-1(4)2(5)6/h9,11-12,15H,4-8H2,1-3H3,(H,16,19)(H,17,20);(H,3,4)(H,5,6)/t11-,12-;/m0./s1. The number of amides is 2. The zero-order valence-electron chi connectivity index (χ0n) is 15.2. The Morgan fingerprint density at radius 3 is 2.08 bits per heavy atom. The SMILES string of the molecule is CC(=O)CNC(=O)[C@H](CC(C)C)NC(=O)[C@@H]1CCCN1.O=C(O)C(=O)O. The number of carbonyl (C=O) groups is 5. The monoisotopic (exact) mass is 373 g/mol. The van der Waals surface area contributed by atoms with E-state index in [1.54, 1.807) is 0 Å². The van der Waals surface area contributed by atoms with Crippen LogP contribution >= 0.6 is 0 Å². The molecule has 10 nitrogen and oxygen atoms in total. The highest BCUT2D eigenvalue weighted by molar-refractivity contribution is 6.27. The highest BCUT2D eigenvalue weighted by atomic mass is 16.4. The molecule has 0 bridgehead atoms. The number of carbonyl (C=O) groups excluding carboxylic acids is 3. The van der Waals surface area contributed by atoms with E-state index in [1.807, 2.05) is 13.8 Å². The predicted octanol–water partition coefficient (Wildman–Crippen LogP) is -0.870. The normalized spacial score (nSPS) is 16.8. The summed E-state index contributed by atoms with van der Waals surface area (Å²) in [6.45, 7) is 6.24. The van der Waals surface area contributed by atoms with Crippen LogP contribution in [-0.4, -0.2) is 64.9 Å². The summed E-state index contributed by atoms with van der Waals surface area (Å²) >= 11 is 0. The molecule has 10 heteroatoms. The molecule has 0 aromatic carbocycles. The first-order valence-corrected chi connectivity index (χ1v) is 8.31. The van der Waals surface area contributed by atoms with Crippen LogP contribution in [0.5, 0.6) is 0 Å². The van der Waals surface area contributed by atoms with Gasteiger partial charge in [-0.3, -0.25) is 14.4 Å². The molecule has 5 N–H and O–H groups in total. The van der Waals surface area contributed by atoms with Gasteiger partial charge >= 0.3 is 11.9 Å². The summed E-state index contributed by atoms with van der Waals surface area (Å²) in [6.07, 6.45) is 2.33. The number of carboxylic acid groups (broad SMARTS) is 2. The van der Waals surface area contributed by atoms with Crippen LogP contribution in [-0.2, 0) is 24.0 Å². The first kappa shape index (κ1) is 23.5. The number of hydrogen-bond acceptors (Lipinski definition) is 6. The molecule has 1 heterocycles. The summed E-state index contributed by atoms with van der Waals surface area (Å²) in [5, 5.41) is 23.2.